The molecule has 13 heavy (non-hydrogen) atoms. The van der Waals surface area contributed by atoms with E-state index < -0.39 is 0 Å². The van der Waals surface area contributed by atoms with Gasteiger partial charge in [-0.25, -0.2) is 0 Å². The molecule has 0 aromatic heterocycles. The molecule has 1 nitrogen and oxygen atoms in total. The third kappa shape index (κ3) is 2.70. The summed E-state index contributed by atoms with van der Waals surface area (Å²) in [5.74, 6) is 0. The van der Waals surface area contributed by atoms with Gasteiger partial charge >= 0.3 is 0 Å². The highest BCUT2D eigenvalue weighted by molar-refractivity contribution is 9.10. The second-order valence-corrected chi connectivity index (χ2v) is 4.24. The van der Waals surface area contributed by atoms with Gasteiger partial charge in [-0.3, -0.25) is 0 Å². The lowest BCUT2D eigenvalue weighted by molar-refractivity contribution is 0.577. The average Bonchev–Trinajstić information content (AvgIpc) is 2.10. The molecule has 72 valence electrons. The van der Waals surface area contributed by atoms with Crippen LogP contribution in [0.15, 0.2) is 22.7 Å². The fraction of sp³-hybridized carbons (Fsp3) is 0.400. The molecule has 1 N–H and O–H groups in total. The first-order valence-corrected chi connectivity index (χ1v) is 5.48. The molecule has 0 saturated heterocycles. The highest BCUT2D eigenvalue weighted by Crippen LogP contribution is 2.27. The molecule has 0 spiro atoms. The molecular formula is C10H13BrClN. The van der Waals surface area contributed by atoms with Gasteiger partial charge in [0, 0.05) is 15.5 Å². The topological polar surface area (TPSA) is 12.0 Å². The number of benzene rings is 1. The summed E-state index contributed by atoms with van der Waals surface area (Å²) in [6, 6.07) is 6.34. The second kappa shape index (κ2) is 4.99. The monoisotopic (exact) mass is 261 g/mol. The summed E-state index contributed by atoms with van der Waals surface area (Å²) in [7, 11) is 1.95. The minimum atomic E-state index is 0.348. The van der Waals surface area contributed by atoms with Crippen LogP contribution < -0.4 is 5.32 Å². The minimum Gasteiger partial charge on any atom is -0.313 e. The van der Waals surface area contributed by atoms with E-state index in [1.807, 2.05) is 19.2 Å². The molecule has 1 rings (SSSR count). The Morgan fingerprint density at radius 1 is 1.54 bits per heavy atom. The molecule has 0 saturated carbocycles. The van der Waals surface area contributed by atoms with Crippen molar-refractivity contribution in [2.75, 3.05) is 7.05 Å². The summed E-state index contributed by atoms with van der Waals surface area (Å²) >= 11 is 9.50. The molecule has 0 amide bonds. The van der Waals surface area contributed by atoms with Gasteiger partial charge in [-0.2, -0.15) is 0 Å². The Labute approximate surface area is 92.6 Å². The molecule has 1 unspecified atom stereocenters. The van der Waals surface area contributed by atoms with Crippen molar-refractivity contribution < 1.29 is 0 Å². The molecule has 1 aromatic carbocycles. The number of hydrogen-bond acceptors (Lipinski definition) is 1. The van der Waals surface area contributed by atoms with E-state index >= 15 is 0 Å². The first kappa shape index (κ1) is 11.0. The standard InChI is InChI=1S/C10H13BrClN/c1-3-10(13-2)8-5-4-7(11)6-9(8)12/h4-6,10,13H,3H2,1-2H3. The molecule has 3 heteroatoms. The Balaban J connectivity index is 2.99. The van der Waals surface area contributed by atoms with Crippen molar-refractivity contribution in [3.63, 3.8) is 0 Å². The molecule has 0 aliphatic heterocycles. The summed E-state index contributed by atoms with van der Waals surface area (Å²) in [6.07, 6.45) is 1.04. The van der Waals surface area contributed by atoms with Crippen LogP contribution >= 0.6 is 27.5 Å². The van der Waals surface area contributed by atoms with E-state index in [2.05, 4.69) is 34.2 Å². The lowest BCUT2D eigenvalue weighted by atomic mass is 10.1. The highest BCUT2D eigenvalue weighted by atomic mass is 79.9. The molecule has 1 aromatic rings. The smallest absolute Gasteiger partial charge is 0.0465 e. The summed E-state index contributed by atoms with van der Waals surface area (Å²) in [5.41, 5.74) is 1.16. The highest BCUT2D eigenvalue weighted by Gasteiger charge is 2.10. The number of halogens is 2. The van der Waals surface area contributed by atoms with Crippen LogP contribution in [0.25, 0.3) is 0 Å². The Hall–Kier alpha value is -0.0500. The fourth-order valence-corrected chi connectivity index (χ4v) is 2.17. The van der Waals surface area contributed by atoms with Crippen LogP contribution in [0.3, 0.4) is 0 Å². The SMILES string of the molecule is CCC(NC)c1ccc(Br)cc1Cl. The summed E-state index contributed by atoms with van der Waals surface area (Å²) in [5, 5.41) is 4.04. The lowest BCUT2D eigenvalue weighted by Crippen LogP contribution is -2.15. The molecule has 0 heterocycles. The predicted octanol–water partition coefficient (Wildman–Crippen LogP) is 3.77. The van der Waals surface area contributed by atoms with E-state index in [1.165, 1.54) is 0 Å². The zero-order chi connectivity index (χ0) is 9.84. The molecule has 0 aliphatic rings. The molecular weight excluding hydrogens is 249 g/mol. The van der Waals surface area contributed by atoms with Crippen molar-refractivity contribution >= 4 is 27.5 Å². The van der Waals surface area contributed by atoms with E-state index in [4.69, 9.17) is 11.6 Å². The maximum Gasteiger partial charge on any atom is 0.0465 e. The van der Waals surface area contributed by atoms with Crippen LogP contribution in [0.2, 0.25) is 5.02 Å². The van der Waals surface area contributed by atoms with Crippen LogP contribution in [0, 0.1) is 0 Å². The normalized spacial score (nSPS) is 12.9. The maximum atomic E-state index is 6.11. The Morgan fingerprint density at radius 2 is 2.23 bits per heavy atom. The van der Waals surface area contributed by atoms with Crippen LogP contribution in [0.1, 0.15) is 24.9 Å². The van der Waals surface area contributed by atoms with Crippen molar-refractivity contribution in [2.45, 2.75) is 19.4 Å². The quantitative estimate of drug-likeness (QED) is 0.874. The Kier molecular flexibility index (Phi) is 4.23. The van der Waals surface area contributed by atoms with Crippen molar-refractivity contribution in [2.24, 2.45) is 0 Å². The predicted molar refractivity (Wildman–Crippen MR) is 61.2 cm³/mol. The second-order valence-electron chi connectivity index (χ2n) is 2.92. The van der Waals surface area contributed by atoms with Gasteiger partial charge in [-0.05, 0) is 31.2 Å². The van der Waals surface area contributed by atoms with Gasteiger partial charge in [0.1, 0.15) is 0 Å². The molecule has 0 radical (unpaired) electrons. The van der Waals surface area contributed by atoms with Crippen LogP contribution in [0.4, 0.5) is 0 Å². The Bertz CT molecular complexity index is 284. The van der Waals surface area contributed by atoms with Crippen LogP contribution in [0.5, 0.6) is 0 Å². The Morgan fingerprint density at radius 3 is 2.69 bits per heavy atom. The van der Waals surface area contributed by atoms with Crippen LogP contribution in [-0.2, 0) is 0 Å². The van der Waals surface area contributed by atoms with Gasteiger partial charge in [-0.15, -0.1) is 0 Å². The van der Waals surface area contributed by atoms with Gasteiger partial charge in [0.05, 0.1) is 0 Å². The lowest BCUT2D eigenvalue weighted by Gasteiger charge is -2.15. The van der Waals surface area contributed by atoms with E-state index in [-0.39, 0.29) is 0 Å². The van der Waals surface area contributed by atoms with Gasteiger partial charge < -0.3 is 5.32 Å². The van der Waals surface area contributed by atoms with E-state index in [9.17, 15) is 0 Å². The van der Waals surface area contributed by atoms with Crippen LogP contribution in [-0.4, -0.2) is 7.05 Å². The molecule has 1 atom stereocenters. The maximum absolute atomic E-state index is 6.11. The number of rotatable bonds is 3. The first-order chi connectivity index (χ1) is 6.19. The minimum absolute atomic E-state index is 0.348. The molecule has 0 fully saturated rings. The van der Waals surface area contributed by atoms with Gasteiger partial charge in [-0.1, -0.05) is 40.5 Å². The third-order valence-corrected chi connectivity index (χ3v) is 2.92. The van der Waals surface area contributed by atoms with E-state index in [0.717, 1.165) is 21.5 Å². The van der Waals surface area contributed by atoms with Crippen molar-refractivity contribution in [3.8, 4) is 0 Å². The molecule has 0 bridgehead atoms. The summed E-state index contributed by atoms with van der Waals surface area (Å²) < 4.78 is 1.02. The zero-order valence-corrected chi connectivity index (χ0v) is 10.1. The van der Waals surface area contributed by atoms with E-state index in [0.29, 0.717) is 6.04 Å². The number of nitrogens with one attached hydrogen (secondary N) is 1. The zero-order valence-electron chi connectivity index (χ0n) is 7.77. The van der Waals surface area contributed by atoms with Gasteiger partial charge in [0.25, 0.3) is 0 Å². The molecule has 0 aliphatic carbocycles. The largest absolute Gasteiger partial charge is 0.313 e. The van der Waals surface area contributed by atoms with Gasteiger partial charge in [0.15, 0.2) is 0 Å². The first-order valence-electron chi connectivity index (χ1n) is 4.31. The number of hydrogen-bond donors (Lipinski definition) is 1. The summed E-state index contributed by atoms with van der Waals surface area (Å²) in [4.78, 5) is 0. The average molecular weight is 263 g/mol. The van der Waals surface area contributed by atoms with Gasteiger partial charge in [0.2, 0.25) is 0 Å². The van der Waals surface area contributed by atoms with Crippen molar-refractivity contribution in [1.29, 1.82) is 0 Å². The van der Waals surface area contributed by atoms with Crippen molar-refractivity contribution in [1.82, 2.24) is 5.32 Å². The fourth-order valence-electron chi connectivity index (χ4n) is 1.36. The summed E-state index contributed by atoms with van der Waals surface area (Å²) in [6.45, 7) is 2.14. The van der Waals surface area contributed by atoms with Crippen molar-refractivity contribution in [3.05, 3.63) is 33.3 Å². The van der Waals surface area contributed by atoms with E-state index in [1.54, 1.807) is 0 Å². The third-order valence-electron chi connectivity index (χ3n) is 2.09.